The molecule has 0 spiro atoms. The molecular formula is C58H106O6. The molecule has 0 heterocycles. The molecule has 6 heteroatoms. The van der Waals surface area contributed by atoms with Gasteiger partial charge < -0.3 is 14.2 Å². The number of hydrogen-bond donors (Lipinski definition) is 0. The van der Waals surface area contributed by atoms with Crippen LogP contribution in [0.5, 0.6) is 0 Å². The summed E-state index contributed by atoms with van der Waals surface area (Å²) in [6, 6.07) is 0. The third-order valence-corrected chi connectivity index (χ3v) is 12.4. The van der Waals surface area contributed by atoms with Gasteiger partial charge in [0.1, 0.15) is 13.2 Å². The van der Waals surface area contributed by atoms with Crippen molar-refractivity contribution < 1.29 is 28.6 Å². The zero-order chi connectivity index (χ0) is 46.5. The van der Waals surface area contributed by atoms with Crippen molar-refractivity contribution in [2.24, 2.45) is 0 Å². The fourth-order valence-corrected chi connectivity index (χ4v) is 8.22. The molecule has 1 atom stereocenters. The molecule has 374 valence electrons. The van der Waals surface area contributed by atoms with Gasteiger partial charge in [-0.25, -0.2) is 0 Å². The average molecular weight is 899 g/mol. The van der Waals surface area contributed by atoms with E-state index in [0.717, 1.165) is 83.5 Å². The highest BCUT2D eigenvalue weighted by Gasteiger charge is 2.19. The van der Waals surface area contributed by atoms with E-state index in [4.69, 9.17) is 14.2 Å². The van der Waals surface area contributed by atoms with Crippen molar-refractivity contribution in [3.05, 3.63) is 36.5 Å². The van der Waals surface area contributed by atoms with Crippen molar-refractivity contribution in [3.63, 3.8) is 0 Å². The Morgan fingerprint density at radius 2 is 0.609 bits per heavy atom. The quantitative estimate of drug-likeness (QED) is 0.0262. The molecule has 1 unspecified atom stereocenters. The molecule has 0 saturated heterocycles. The van der Waals surface area contributed by atoms with E-state index >= 15 is 0 Å². The SMILES string of the molecule is CC/C=C\C/C=C\C/C=C\CCCCCC(=O)OC(COC(=O)CCCCCCCC)COC(=O)CCCCCCCCCCCCCCCCCCCCCCCCCCCCC. The highest BCUT2D eigenvalue weighted by atomic mass is 16.6. The lowest BCUT2D eigenvalue weighted by Crippen LogP contribution is -2.30. The molecule has 0 amide bonds. The van der Waals surface area contributed by atoms with Crippen LogP contribution in [0.2, 0.25) is 0 Å². The maximum Gasteiger partial charge on any atom is 0.306 e. The minimum absolute atomic E-state index is 0.0808. The lowest BCUT2D eigenvalue weighted by Gasteiger charge is -2.18. The van der Waals surface area contributed by atoms with Crippen LogP contribution in [0.3, 0.4) is 0 Å². The fourth-order valence-electron chi connectivity index (χ4n) is 8.22. The van der Waals surface area contributed by atoms with Crippen LogP contribution in [0.25, 0.3) is 0 Å². The van der Waals surface area contributed by atoms with Crippen molar-refractivity contribution in [2.75, 3.05) is 13.2 Å². The standard InChI is InChI=1S/C58H106O6/c1-4-7-10-13-16-18-20-22-23-24-25-26-27-28-29-30-31-32-33-34-35-37-38-40-42-45-48-51-57(60)63-54-55(53-62-56(59)50-47-44-15-12-9-6-3)64-58(61)52-49-46-43-41-39-36-21-19-17-14-11-8-5-2/h8,11,17,19,36,39,55H,4-7,9-10,12-16,18,20-35,37-38,40-54H2,1-3H3/b11-8-,19-17-,39-36-. The number of rotatable bonds is 51. The molecule has 0 aromatic rings. The Morgan fingerprint density at radius 1 is 0.328 bits per heavy atom. The van der Waals surface area contributed by atoms with Gasteiger partial charge in [-0.15, -0.1) is 0 Å². The van der Waals surface area contributed by atoms with E-state index in [1.165, 1.54) is 173 Å². The van der Waals surface area contributed by atoms with Crippen LogP contribution >= 0.6 is 0 Å². The number of allylic oxidation sites excluding steroid dienone is 6. The first-order valence-corrected chi connectivity index (χ1v) is 28.0. The number of esters is 3. The lowest BCUT2D eigenvalue weighted by molar-refractivity contribution is -0.167. The summed E-state index contributed by atoms with van der Waals surface area (Å²) in [5.74, 6) is -0.909. The number of unbranched alkanes of at least 4 members (excludes halogenated alkanes) is 34. The smallest absolute Gasteiger partial charge is 0.306 e. The molecule has 0 radical (unpaired) electrons. The van der Waals surface area contributed by atoms with Crippen molar-refractivity contribution >= 4 is 17.9 Å². The van der Waals surface area contributed by atoms with Gasteiger partial charge in [0.2, 0.25) is 0 Å². The normalized spacial score (nSPS) is 12.2. The van der Waals surface area contributed by atoms with Crippen LogP contribution in [-0.2, 0) is 28.6 Å². The molecule has 0 rings (SSSR count). The zero-order valence-electron chi connectivity index (χ0n) is 42.8. The maximum atomic E-state index is 12.7. The van der Waals surface area contributed by atoms with Gasteiger partial charge in [0.05, 0.1) is 0 Å². The largest absolute Gasteiger partial charge is 0.462 e. The molecule has 0 N–H and O–H groups in total. The predicted octanol–water partition coefficient (Wildman–Crippen LogP) is 18.5. The van der Waals surface area contributed by atoms with Crippen LogP contribution < -0.4 is 0 Å². The first-order chi connectivity index (χ1) is 31.5. The van der Waals surface area contributed by atoms with Gasteiger partial charge in [-0.2, -0.15) is 0 Å². The number of ether oxygens (including phenoxy) is 3. The Hall–Kier alpha value is -2.37. The number of hydrogen-bond acceptors (Lipinski definition) is 6. The fraction of sp³-hybridized carbons (Fsp3) is 0.845. The Bertz CT molecular complexity index is 1080. The topological polar surface area (TPSA) is 78.9 Å². The zero-order valence-corrected chi connectivity index (χ0v) is 42.8. The number of carbonyl (C=O) groups excluding carboxylic acids is 3. The molecule has 64 heavy (non-hydrogen) atoms. The van der Waals surface area contributed by atoms with Crippen LogP contribution in [0.1, 0.15) is 297 Å². The summed E-state index contributed by atoms with van der Waals surface area (Å²) in [5.41, 5.74) is 0. The maximum absolute atomic E-state index is 12.7. The summed E-state index contributed by atoms with van der Waals surface area (Å²) in [6.07, 6.45) is 63.4. The van der Waals surface area contributed by atoms with Gasteiger partial charge in [-0.3, -0.25) is 14.4 Å². The first-order valence-electron chi connectivity index (χ1n) is 28.0. The average Bonchev–Trinajstić information content (AvgIpc) is 3.29. The summed E-state index contributed by atoms with van der Waals surface area (Å²) in [4.78, 5) is 37.7. The second-order valence-electron chi connectivity index (χ2n) is 18.8. The van der Waals surface area contributed by atoms with Crippen molar-refractivity contribution in [1.29, 1.82) is 0 Å². The summed E-state index contributed by atoms with van der Waals surface area (Å²) >= 11 is 0. The van der Waals surface area contributed by atoms with E-state index < -0.39 is 6.10 Å². The molecule has 0 bridgehead atoms. The van der Waals surface area contributed by atoms with Crippen LogP contribution in [-0.4, -0.2) is 37.2 Å². The monoisotopic (exact) mass is 899 g/mol. The number of carbonyl (C=O) groups is 3. The van der Waals surface area contributed by atoms with E-state index in [1.54, 1.807) is 0 Å². The molecule has 0 aromatic heterocycles. The van der Waals surface area contributed by atoms with Gasteiger partial charge in [-0.05, 0) is 51.4 Å². The van der Waals surface area contributed by atoms with E-state index in [9.17, 15) is 14.4 Å². The summed E-state index contributed by atoms with van der Waals surface area (Å²) < 4.78 is 16.7. The second-order valence-corrected chi connectivity index (χ2v) is 18.8. The molecule has 0 aromatic carbocycles. The van der Waals surface area contributed by atoms with E-state index in [-0.39, 0.29) is 31.1 Å². The third kappa shape index (κ3) is 50.6. The van der Waals surface area contributed by atoms with Gasteiger partial charge in [0, 0.05) is 19.3 Å². The lowest BCUT2D eigenvalue weighted by atomic mass is 10.0. The van der Waals surface area contributed by atoms with Gasteiger partial charge >= 0.3 is 17.9 Å². The van der Waals surface area contributed by atoms with Gasteiger partial charge in [0.25, 0.3) is 0 Å². The molecule has 0 fully saturated rings. The minimum Gasteiger partial charge on any atom is -0.462 e. The Labute approximate surface area is 397 Å². The molecule has 6 nitrogen and oxygen atoms in total. The Kier molecular flexibility index (Phi) is 51.3. The van der Waals surface area contributed by atoms with Crippen molar-refractivity contribution in [2.45, 2.75) is 303 Å². The summed E-state index contributed by atoms with van der Waals surface area (Å²) in [7, 11) is 0. The Morgan fingerprint density at radius 3 is 0.953 bits per heavy atom. The van der Waals surface area contributed by atoms with Crippen LogP contribution in [0.4, 0.5) is 0 Å². The van der Waals surface area contributed by atoms with Crippen molar-refractivity contribution in [1.82, 2.24) is 0 Å². The molecule has 0 aliphatic heterocycles. The van der Waals surface area contributed by atoms with E-state index in [2.05, 4.69) is 57.2 Å². The third-order valence-electron chi connectivity index (χ3n) is 12.4. The minimum atomic E-state index is -0.780. The van der Waals surface area contributed by atoms with Crippen LogP contribution in [0.15, 0.2) is 36.5 Å². The first kappa shape index (κ1) is 61.6. The summed E-state index contributed by atoms with van der Waals surface area (Å²) in [5, 5.41) is 0. The van der Waals surface area contributed by atoms with Gasteiger partial charge in [-0.1, -0.05) is 263 Å². The predicted molar refractivity (Wildman–Crippen MR) is 275 cm³/mol. The van der Waals surface area contributed by atoms with E-state index in [0.29, 0.717) is 19.3 Å². The highest BCUT2D eigenvalue weighted by Crippen LogP contribution is 2.17. The molecule has 0 aliphatic carbocycles. The second kappa shape index (κ2) is 53.2. The Balaban J connectivity index is 4.01. The molecular weight excluding hydrogens is 793 g/mol. The van der Waals surface area contributed by atoms with Crippen LogP contribution in [0, 0.1) is 0 Å². The van der Waals surface area contributed by atoms with Crippen molar-refractivity contribution in [3.8, 4) is 0 Å². The molecule has 0 saturated carbocycles. The highest BCUT2D eigenvalue weighted by molar-refractivity contribution is 5.71. The molecule has 0 aliphatic rings. The van der Waals surface area contributed by atoms with E-state index in [1.807, 2.05) is 0 Å². The summed E-state index contributed by atoms with van der Waals surface area (Å²) in [6.45, 7) is 6.47. The van der Waals surface area contributed by atoms with Gasteiger partial charge in [0.15, 0.2) is 6.10 Å².